The predicted octanol–water partition coefficient (Wildman–Crippen LogP) is 5.02. The zero-order chi connectivity index (χ0) is 19.8. The minimum Gasteiger partial charge on any atom is -0.488 e. The van der Waals surface area contributed by atoms with Crippen LogP contribution in [0.3, 0.4) is 0 Å². The lowest BCUT2D eigenvalue weighted by atomic mass is 9.86. The predicted molar refractivity (Wildman–Crippen MR) is 111 cm³/mol. The van der Waals surface area contributed by atoms with Crippen LogP contribution in [0.5, 0.6) is 5.75 Å². The van der Waals surface area contributed by atoms with E-state index in [1.54, 1.807) is 0 Å². The molecule has 3 heteroatoms. The number of rotatable bonds is 3. The number of benzene rings is 2. The lowest BCUT2D eigenvalue weighted by Gasteiger charge is -2.19. The molecule has 144 valence electrons. The number of nitrogens with one attached hydrogen (secondary N) is 1. The maximum atomic E-state index is 12.5. The van der Waals surface area contributed by atoms with Gasteiger partial charge in [-0.15, -0.1) is 0 Å². The van der Waals surface area contributed by atoms with Crippen LogP contribution in [-0.4, -0.2) is 18.6 Å². The Morgan fingerprint density at radius 1 is 0.963 bits per heavy atom. The fourth-order valence-corrected chi connectivity index (χ4v) is 3.33. The first-order valence-electron chi connectivity index (χ1n) is 9.73. The van der Waals surface area contributed by atoms with Gasteiger partial charge in [0.2, 0.25) is 0 Å². The first-order valence-corrected chi connectivity index (χ1v) is 9.73. The first-order chi connectivity index (χ1) is 12.5. The van der Waals surface area contributed by atoms with Gasteiger partial charge in [-0.05, 0) is 45.7 Å². The monoisotopic (exact) mass is 365 g/mol. The van der Waals surface area contributed by atoms with Crippen molar-refractivity contribution in [2.24, 2.45) is 0 Å². The molecule has 1 aliphatic heterocycles. The van der Waals surface area contributed by atoms with Crippen molar-refractivity contribution in [2.75, 3.05) is 6.54 Å². The molecule has 2 aromatic carbocycles. The second-order valence-corrected chi connectivity index (χ2v) is 9.55. The topological polar surface area (TPSA) is 38.3 Å². The average Bonchev–Trinajstić information content (AvgIpc) is 3.00. The number of hydrogen-bond acceptors (Lipinski definition) is 2. The fraction of sp³-hybridized carbons (Fsp3) is 0.458. The molecule has 0 bridgehead atoms. The van der Waals surface area contributed by atoms with Crippen molar-refractivity contribution in [3.8, 4) is 5.75 Å². The van der Waals surface area contributed by atoms with Gasteiger partial charge in [-0.1, -0.05) is 65.8 Å². The zero-order valence-electron chi connectivity index (χ0n) is 17.3. The molecule has 0 saturated carbocycles. The van der Waals surface area contributed by atoms with E-state index in [9.17, 15) is 4.79 Å². The number of hydrogen-bond donors (Lipinski definition) is 1. The van der Waals surface area contributed by atoms with Crippen molar-refractivity contribution in [3.05, 3.63) is 64.7 Å². The highest BCUT2D eigenvalue weighted by atomic mass is 16.5. The van der Waals surface area contributed by atoms with Gasteiger partial charge in [0, 0.05) is 12.0 Å². The van der Waals surface area contributed by atoms with E-state index in [1.807, 2.05) is 24.3 Å². The normalized spacial score (nSPS) is 16.6. The van der Waals surface area contributed by atoms with Gasteiger partial charge in [-0.2, -0.15) is 0 Å². The molecule has 1 heterocycles. The molecule has 1 aliphatic rings. The minimum absolute atomic E-state index is 0.00647. The molecule has 2 aromatic rings. The van der Waals surface area contributed by atoms with Crippen molar-refractivity contribution in [2.45, 2.75) is 64.9 Å². The molecule has 1 N–H and O–H groups in total. The van der Waals surface area contributed by atoms with Crippen molar-refractivity contribution < 1.29 is 9.53 Å². The number of carbonyl (C=O) groups is 1. The third-order valence-electron chi connectivity index (χ3n) is 5.17. The fourth-order valence-electron chi connectivity index (χ4n) is 3.33. The molecule has 0 spiro atoms. The number of ether oxygens (including phenoxy) is 1. The molecule has 3 rings (SSSR count). The zero-order valence-corrected chi connectivity index (χ0v) is 17.3. The van der Waals surface area contributed by atoms with Crippen molar-refractivity contribution in [1.29, 1.82) is 0 Å². The standard InChI is InChI=1S/C24H31NO2/c1-23(2,3)18-9-7-16(8-10-18)22(26)25-15-20-14-17-13-19(24(4,5)6)11-12-21(17)27-20/h7-13,20H,14-15H2,1-6H3,(H,25,26)/t20-/m0/s1. The van der Waals surface area contributed by atoms with Crippen LogP contribution in [-0.2, 0) is 17.3 Å². The Bertz CT molecular complexity index is 823. The highest BCUT2D eigenvalue weighted by Gasteiger charge is 2.25. The highest BCUT2D eigenvalue weighted by Crippen LogP contribution is 2.33. The van der Waals surface area contributed by atoms with Crippen LogP contribution in [0.2, 0.25) is 0 Å². The van der Waals surface area contributed by atoms with Gasteiger partial charge in [0.15, 0.2) is 0 Å². The second kappa shape index (κ2) is 7.03. The van der Waals surface area contributed by atoms with E-state index in [2.05, 4.69) is 65.1 Å². The molecule has 0 saturated heterocycles. The van der Waals surface area contributed by atoms with Crippen LogP contribution in [0, 0.1) is 0 Å². The lowest BCUT2D eigenvalue weighted by Crippen LogP contribution is -2.34. The Morgan fingerprint density at radius 2 is 1.56 bits per heavy atom. The highest BCUT2D eigenvalue weighted by molar-refractivity contribution is 5.94. The molecule has 0 aliphatic carbocycles. The summed E-state index contributed by atoms with van der Waals surface area (Å²) in [5.41, 5.74) is 4.67. The molecule has 0 fully saturated rings. The van der Waals surface area contributed by atoms with Crippen LogP contribution in [0.15, 0.2) is 42.5 Å². The average molecular weight is 366 g/mol. The molecular formula is C24H31NO2. The van der Waals surface area contributed by atoms with E-state index in [4.69, 9.17) is 4.74 Å². The second-order valence-electron chi connectivity index (χ2n) is 9.55. The molecule has 1 atom stereocenters. The van der Waals surface area contributed by atoms with Crippen LogP contribution >= 0.6 is 0 Å². The van der Waals surface area contributed by atoms with Gasteiger partial charge in [-0.3, -0.25) is 4.79 Å². The van der Waals surface area contributed by atoms with Crippen molar-refractivity contribution in [1.82, 2.24) is 5.32 Å². The Labute approximate surface area is 163 Å². The molecule has 0 radical (unpaired) electrons. The summed E-state index contributed by atoms with van der Waals surface area (Å²) in [5, 5.41) is 3.01. The van der Waals surface area contributed by atoms with Gasteiger partial charge in [0.1, 0.15) is 11.9 Å². The Kier molecular flexibility index (Phi) is 5.07. The Hall–Kier alpha value is -2.29. The van der Waals surface area contributed by atoms with E-state index >= 15 is 0 Å². The van der Waals surface area contributed by atoms with Crippen molar-refractivity contribution in [3.63, 3.8) is 0 Å². The summed E-state index contributed by atoms with van der Waals surface area (Å²) in [6.45, 7) is 13.7. The quantitative estimate of drug-likeness (QED) is 0.830. The number of carbonyl (C=O) groups excluding carboxylic acids is 1. The summed E-state index contributed by atoms with van der Waals surface area (Å²) >= 11 is 0. The SMILES string of the molecule is CC(C)(C)c1ccc(C(=O)NC[C@@H]2Cc3cc(C(C)(C)C)ccc3O2)cc1. The van der Waals surface area contributed by atoms with Gasteiger partial charge in [0.25, 0.3) is 5.91 Å². The van der Waals surface area contributed by atoms with Gasteiger partial charge in [-0.25, -0.2) is 0 Å². The summed E-state index contributed by atoms with van der Waals surface area (Å²) in [5.74, 6) is 0.891. The summed E-state index contributed by atoms with van der Waals surface area (Å²) in [6, 6.07) is 14.3. The molecule has 1 amide bonds. The molecule has 27 heavy (non-hydrogen) atoms. The van der Waals surface area contributed by atoms with Gasteiger partial charge >= 0.3 is 0 Å². The van der Waals surface area contributed by atoms with E-state index in [0.717, 1.165) is 12.2 Å². The summed E-state index contributed by atoms with van der Waals surface area (Å²) < 4.78 is 6.01. The smallest absolute Gasteiger partial charge is 0.251 e. The largest absolute Gasteiger partial charge is 0.488 e. The Balaban J connectivity index is 1.58. The molecule has 3 nitrogen and oxygen atoms in total. The van der Waals surface area contributed by atoms with Crippen molar-refractivity contribution >= 4 is 5.91 Å². The van der Waals surface area contributed by atoms with Crippen LogP contribution in [0.4, 0.5) is 0 Å². The Morgan fingerprint density at radius 3 is 2.15 bits per heavy atom. The maximum Gasteiger partial charge on any atom is 0.251 e. The third kappa shape index (κ3) is 4.52. The molecular weight excluding hydrogens is 334 g/mol. The first kappa shape index (κ1) is 19.5. The van der Waals surface area contributed by atoms with Crippen LogP contribution < -0.4 is 10.1 Å². The van der Waals surface area contributed by atoms with Crippen LogP contribution in [0.1, 0.15) is 68.6 Å². The lowest BCUT2D eigenvalue weighted by molar-refractivity contribution is 0.0933. The molecule has 0 aromatic heterocycles. The summed E-state index contributed by atoms with van der Waals surface area (Å²) in [7, 11) is 0. The van der Waals surface area contributed by atoms with Crippen LogP contribution in [0.25, 0.3) is 0 Å². The van der Waals surface area contributed by atoms with E-state index in [-0.39, 0.29) is 22.8 Å². The third-order valence-corrected chi connectivity index (χ3v) is 5.17. The van der Waals surface area contributed by atoms with E-state index in [1.165, 1.54) is 16.7 Å². The summed E-state index contributed by atoms with van der Waals surface area (Å²) in [6.07, 6.45) is 0.829. The number of amides is 1. The van der Waals surface area contributed by atoms with Gasteiger partial charge in [0.05, 0.1) is 6.54 Å². The minimum atomic E-state index is -0.0506. The maximum absolute atomic E-state index is 12.5. The summed E-state index contributed by atoms with van der Waals surface area (Å²) in [4.78, 5) is 12.5. The van der Waals surface area contributed by atoms with E-state index < -0.39 is 0 Å². The van der Waals surface area contributed by atoms with Gasteiger partial charge < -0.3 is 10.1 Å². The number of fused-ring (bicyclic) bond motifs is 1. The molecule has 0 unspecified atom stereocenters. The van der Waals surface area contributed by atoms with E-state index in [0.29, 0.717) is 12.1 Å².